The van der Waals surface area contributed by atoms with Crippen LogP contribution in [0.3, 0.4) is 0 Å². The summed E-state index contributed by atoms with van der Waals surface area (Å²) in [4.78, 5) is 0. The maximum Gasteiger partial charge on any atom is 0.156 e. The maximum atomic E-state index is 11.5. The molecule has 4 nitrogen and oxygen atoms in total. The Balaban J connectivity index is 0.000000219. The van der Waals surface area contributed by atoms with Crippen molar-refractivity contribution >= 4 is 21.6 Å². The van der Waals surface area contributed by atoms with Crippen LogP contribution in [0.15, 0.2) is 0 Å². The molecule has 2 aliphatic heterocycles. The summed E-state index contributed by atoms with van der Waals surface area (Å²) in [6.45, 7) is 6.09. The van der Waals surface area contributed by atoms with E-state index in [0.29, 0.717) is 12.5 Å². The summed E-state index contributed by atoms with van der Waals surface area (Å²) in [7, 11) is 0.530. The summed E-state index contributed by atoms with van der Waals surface area (Å²) in [5.41, 5.74) is 0. The molecule has 2 heterocycles. The Kier molecular flexibility index (Phi) is 8.03. The van der Waals surface area contributed by atoms with Crippen molar-refractivity contribution in [2.75, 3.05) is 25.7 Å². The SMILES string of the molecule is CC[C@H]1SCC[C@H]1OC.CO[C@@H]1CCS(=O)(=O)[C@@H]1C(C)C. The Hall–Kier alpha value is 0.220. The molecule has 0 saturated carbocycles. The highest BCUT2D eigenvalue weighted by atomic mass is 32.2. The summed E-state index contributed by atoms with van der Waals surface area (Å²) >= 11 is 2.05. The molecule has 2 aliphatic rings. The molecule has 4 atom stereocenters. The van der Waals surface area contributed by atoms with Gasteiger partial charge in [0.25, 0.3) is 0 Å². The first-order chi connectivity index (χ1) is 9.87. The molecule has 0 aromatic carbocycles. The van der Waals surface area contributed by atoms with E-state index in [0.717, 1.165) is 5.25 Å². The topological polar surface area (TPSA) is 52.6 Å². The number of rotatable bonds is 4. The molecule has 0 aliphatic carbocycles. The molecule has 0 spiro atoms. The van der Waals surface area contributed by atoms with E-state index >= 15 is 0 Å². The standard InChI is InChI=1S/C8H16O3S.C7H14OS/c1-6(2)8-7(11-3)4-5-12(8,9)10;1-3-7-6(8-2)4-5-9-7/h6-8H,4-5H2,1-3H3;6-7H,3-5H2,1-2H3/t7-,8-;6-,7-/m11/s1. The smallest absolute Gasteiger partial charge is 0.156 e. The van der Waals surface area contributed by atoms with Crippen LogP contribution in [0.5, 0.6) is 0 Å². The number of hydrogen-bond acceptors (Lipinski definition) is 5. The zero-order chi connectivity index (χ0) is 16.0. The molecule has 0 aromatic rings. The van der Waals surface area contributed by atoms with Crippen LogP contribution in [-0.4, -0.2) is 56.9 Å². The van der Waals surface area contributed by atoms with Crippen LogP contribution in [0.1, 0.15) is 40.0 Å². The lowest BCUT2D eigenvalue weighted by atomic mass is 10.0. The van der Waals surface area contributed by atoms with E-state index in [1.165, 1.54) is 18.6 Å². The third-order valence-electron chi connectivity index (χ3n) is 4.28. The van der Waals surface area contributed by atoms with Crippen molar-refractivity contribution in [2.24, 2.45) is 5.92 Å². The lowest BCUT2D eigenvalue weighted by molar-refractivity contribution is 0.0930. The lowest BCUT2D eigenvalue weighted by Gasteiger charge is -2.20. The Bertz CT molecular complexity index is 384. The predicted molar refractivity (Wildman–Crippen MR) is 89.8 cm³/mol. The van der Waals surface area contributed by atoms with Gasteiger partial charge in [-0.1, -0.05) is 20.8 Å². The van der Waals surface area contributed by atoms with E-state index < -0.39 is 9.84 Å². The average molecular weight is 339 g/mol. The monoisotopic (exact) mass is 338 g/mol. The van der Waals surface area contributed by atoms with E-state index in [1.807, 2.05) is 21.0 Å². The van der Waals surface area contributed by atoms with Crippen LogP contribution in [0, 0.1) is 5.92 Å². The molecule has 0 unspecified atom stereocenters. The zero-order valence-corrected chi connectivity index (χ0v) is 15.5. The van der Waals surface area contributed by atoms with Crippen molar-refractivity contribution in [3.63, 3.8) is 0 Å². The van der Waals surface area contributed by atoms with Crippen LogP contribution in [0.4, 0.5) is 0 Å². The third-order valence-corrected chi connectivity index (χ3v) is 8.30. The summed E-state index contributed by atoms with van der Waals surface area (Å²) in [6.07, 6.45) is 3.61. The van der Waals surface area contributed by atoms with E-state index in [-0.39, 0.29) is 23.0 Å². The molecule has 6 heteroatoms. The summed E-state index contributed by atoms with van der Waals surface area (Å²) in [5.74, 6) is 1.73. The molecule has 0 aromatic heterocycles. The van der Waals surface area contributed by atoms with Gasteiger partial charge in [-0.3, -0.25) is 0 Å². The summed E-state index contributed by atoms with van der Waals surface area (Å²) in [6, 6.07) is 0. The normalized spacial score (nSPS) is 34.8. The number of ether oxygens (including phenoxy) is 2. The maximum absolute atomic E-state index is 11.5. The predicted octanol–water partition coefficient (Wildman–Crippen LogP) is 2.76. The van der Waals surface area contributed by atoms with Crippen LogP contribution in [0.25, 0.3) is 0 Å². The van der Waals surface area contributed by atoms with Gasteiger partial charge in [0, 0.05) is 19.5 Å². The molecule has 2 saturated heterocycles. The second-order valence-electron chi connectivity index (χ2n) is 6.02. The zero-order valence-electron chi connectivity index (χ0n) is 13.9. The van der Waals surface area contributed by atoms with Crippen LogP contribution >= 0.6 is 11.8 Å². The number of sulfone groups is 1. The first-order valence-corrected chi connectivity index (χ1v) is 10.5. The fourth-order valence-electron chi connectivity index (χ4n) is 3.19. The van der Waals surface area contributed by atoms with Gasteiger partial charge in [0.2, 0.25) is 0 Å². The molecular formula is C15H30O4S2. The summed E-state index contributed by atoms with van der Waals surface area (Å²) < 4.78 is 33.4. The minimum Gasteiger partial charge on any atom is -0.380 e. The first-order valence-electron chi connectivity index (χ1n) is 7.76. The van der Waals surface area contributed by atoms with Crippen molar-refractivity contribution in [3.8, 4) is 0 Å². The fourth-order valence-corrected chi connectivity index (χ4v) is 6.93. The van der Waals surface area contributed by atoms with Gasteiger partial charge in [-0.25, -0.2) is 8.42 Å². The van der Waals surface area contributed by atoms with Gasteiger partial charge in [0.15, 0.2) is 9.84 Å². The molecule has 21 heavy (non-hydrogen) atoms. The minimum absolute atomic E-state index is 0.0880. The van der Waals surface area contributed by atoms with Crippen molar-refractivity contribution in [1.82, 2.24) is 0 Å². The second kappa shape index (κ2) is 8.75. The highest BCUT2D eigenvalue weighted by Crippen LogP contribution is 2.30. The number of methoxy groups -OCH3 is 2. The van der Waals surface area contributed by atoms with E-state index in [4.69, 9.17) is 9.47 Å². The second-order valence-corrected chi connectivity index (χ2v) is 9.64. The lowest BCUT2D eigenvalue weighted by Crippen LogP contribution is -2.32. The van der Waals surface area contributed by atoms with Gasteiger partial charge in [0.05, 0.1) is 23.2 Å². The van der Waals surface area contributed by atoms with E-state index in [2.05, 4.69) is 18.7 Å². The minimum atomic E-state index is -2.87. The average Bonchev–Trinajstić information content (AvgIpc) is 3.01. The van der Waals surface area contributed by atoms with Gasteiger partial charge in [-0.05, 0) is 30.9 Å². The molecule has 2 fully saturated rings. The van der Waals surface area contributed by atoms with Gasteiger partial charge >= 0.3 is 0 Å². The van der Waals surface area contributed by atoms with Crippen LogP contribution < -0.4 is 0 Å². The Morgan fingerprint density at radius 3 is 2.14 bits per heavy atom. The van der Waals surface area contributed by atoms with Crippen molar-refractivity contribution in [2.45, 2.75) is 62.7 Å². The van der Waals surface area contributed by atoms with Gasteiger partial charge in [0.1, 0.15) is 0 Å². The summed E-state index contributed by atoms with van der Waals surface area (Å²) in [5, 5.41) is 0.484. The Labute approximate surface area is 134 Å². The van der Waals surface area contributed by atoms with Crippen molar-refractivity contribution in [3.05, 3.63) is 0 Å². The molecule has 0 radical (unpaired) electrons. The number of thioether (sulfide) groups is 1. The Morgan fingerprint density at radius 2 is 1.76 bits per heavy atom. The molecule has 0 bridgehead atoms. The quantitative estimate of drug-likeness (QED) is 0.789. The van der Waals surface area contributed by atoms with Crippen LogP contribution in [-0.2, 0) is 19.3 Å². The number of hydrogen-bond donors (Lipinski definition) is 0. The molecule has 0 amide bonds. The molecule has 0 N–H and O–H groups in total. The van der Waals surface area contributed by atoms with Gasteiger partial charge < -0.3 is 9.47 Å². The van der Waals surface area contributed by atoms with E-state index in [1.54, 1.807) is 7.11 Å². The van der Waals surface area contributed by atoms with Crippen molar-refractivity contribution < 1.29 is 17.9 Å². The van der Waals surface area contributed by atoms with Gasteiger partial charge in [-0.2, -0.15) is 11.8 Å². The van der Waals surface area contributed by atoms with E-state index in [9.17, 15) is 8.42 Å². The third kappa shape index (κ3) is 5.12. The highest BCUT2D eigenvalue weighted by Gasteiger charge is 2.42. The molecule has 2 rings (SSSR count). The first kappa shape index (κ1) is 19.3. The fraction of sp³-hybridized carbons (Fsp3) is 1.00. The van der Waals surface area contributed by atoms with Crippen molar-refractivity contribution in [1.29, 1.82) is 0 Å². The molecular weight excluding hydrogens is 308 g/mol. The highest BCUT2D eigenvalue weighted by molar-refractivity contribution is 8.00. The largest absolute Gasteiger partial charge is 0.380 e. The Morgan fingerprint density at radius 1 is 1.14 bits per heavy atom. The van der Waals surface area contributed by atoms with Crippen LogP contribution in [0.2, 0.25) is 0 Å². The molecule has 126 valence electrons. The van der Waals surface area contributed by atoms with Gasteiger partial charge in [-0.15, -0.1) is 0 Å².